The molecule has 2 amide bonds. The molecule has 1 aromatic heterocycles. The maximum absolute atomic E-state index is 13.2. The normalized spacial score (nSPS) is 26.0. The number of hydrogen-bond acceptors (Lipinski definition) is 4. The zero-order valence-corrected chi connectivity index (χ0v) is 14.1. The van der Waals surface area contributed by atoms with Crippen LogP contribution in [0.25, 0.3) is 0 Å². The minimum atomic E-state index is -2.60. The van der Waals surface area contributed by atoms with Crippen LogP contribution >= 0.6 is 11.3 Å². The SMILES string of the molecule is Cc1sc(C(=O)NC2CCC(F)(F)CC2)cc1[C@@H]1C[C@H]1OC(N)=O. The van der Waals surface area contributed by atoms with Crippen LogP contribution in [0.15, 0.2) is 6.07 Å². The van der Waals surface area contributed by atoms with Gasteiger partial charge in [-0.2, -0.15) is 0 Å². The largest absolute Gasteiger partial charge is 0.446 e. The molecule has 5 nitrogen and oxygen atoms in total. The van der Waals surface area contributed by atoms with E-state index >= 15 is 0 Å². The summed E-state index contributed by atoms with van der Waals surface area (Å²) in [5, 5.41) is 2.85. The van der Waals surface area contributed by atoms with Crippen LogP contribution in [0, 0.1) is 6.92 Å². The molecule has 0 spiro atoms. The molecule has 0 aromatic carbocycles. The quantitative estimate of drug-likeness (QED) is 0.866. The molecule has 2 saturated carbocycles. The topological polar surface area (TPSA) is 81.4 Å². The zero-order valence-electron chi connectivity index (χ0n) is 13.3. The lowest BCUT2D eigenvalue weighted by Crippen LogP contribution is -2.40. The van der Waals surface area contributed by atoms with Crippen LogP contribution in [0.5, 0.6) is 0 Å². The Bertz CT molecular complexity index is 652. The Balaban J connectivity index is 1.59. The molecule has 0 saturated heterocycles. The molecule has 8 heteroatoms. The standard InChI is InChI=1S/C16H20F2N2O3S/c1-8-10(11-6-12(11)23-15(19)22)7-13(24-8)14(21)20-9-2-4-16(17,18)5-3-9/h7,9,11-12H,2-6H2,1H3,(H2,19,22)(H,20,21)/t11-,12+/m0/s1. The molecule has 2 aliphatic carbocycles. The average Bonchev–Trinajstić information content (AvgIpc) is 3.11. The van der Waals surface area contributed by atoms with E-state index in [2.05, 4.69) is 5.32 Å². The number of nitrogens with two attached hydrogens (primary N) is 1. The summed E-state index contributed by atoms with van der Waals surface area (Å²) in [6.07, 6.45) is -0.0592. The van der Waals surface area contributed by atoms with Gasteiger partial charge in [0.2, 0.25) is 5.92 Å². The fourth-order valence-electron chi connectivity index (χ4n) is 3.20. The second-order valence-electron chi connectivity index (χ2n) is 6.54. The lowest BCUT2D eigenvalue weighted by Gasteiger charge is -2.28. The van der Waals surface area contributed by atoms with Crippen LogP contribution in [-0.2, 0) is 4.74 Å². The Morgan fingerprint density at radius 3 is 2.67 bits per heavy atom. The van der Waals surface area contributed by atoms with E-state index in [1.165, 1.54) is 11.3 Å². The number of rotatable bonds is 4. The van der Waals surface area contributed by atoms with Crippen molar-refractivity contribution in [1.82, 2.24) is 5.32 Å². The van der Waals surface area contributed by atoms with Crippen molar-refractivity contribution < 1.29 is 23.1 Å². The van der Waals surface area contributed by atoms with Gasteiger partial charge < -0.3 is 15.8 Å². The van der Waals surface area contributed by atoms with Gasteiger partial charge in [0.25, 0.3) is 5.91 Å². The molecule has 1 aromatic rings. The number of carbonyl (C=O) groups is 2. The molecule has 24 heavy (non-hydrogen) atoms. The van der Waals surface area contributed by atoms with Crippen molar-refractivity contribution in [2.75, 3.05) is 0 Å². The van der Waals surface area contributed by atoms with Gasteiger partial charge >= 0.3 is 6.09 Å². The Kier molecular flexibility index (Phi) is 4.50. The molecule has 3 N–H and O–H groups in total. The van der Waals surface area contributed by atoms with Gasteiger partial charge in [-0.25, -0.2) is 13.6 Å². The summed E-state index contributed by atoms with van der Waals surface area (Å²) in [5.41, 5.74) is 6.00. The van der Waals surface area contributed by atoms with Crippen LogP contribution in [0.1, 0.15) is 58.1 Å². The number of primary amides is 1. The predicted octanol–water partition coefficient (Wildman–Crippen LogP) is 3.32. The second-order valence-corrected chi connectivity index (χ2v) is 7.80. The summed E-state index contributed by atoms with van der Waals surface area (Å²) in [7, 11) is 0. The fourth-order valence-corrected chi connectivity index (χ4v) is 4.19. The van der Waals surface area contributed by atoms with E-state index in [4.69, 9.17) is 10.5 Å². The number of amides is 2. The number of alkyl halides is 2. The first-order chi connectivity index (χ1) is 11.2. The molecule has 1 heterocycles. The van der Waals surface area contributed by atoms with Crippen molar-refractivity contribution in [2.45, 2.75) is 63.0 Å². The number of carbonyl (C=O) groups excluding carboxylic acids is 2. The van der Waals surface area contributed by atoms with Crippen molar-refractivity contribution in [1.29, 1.82) is 0 Å². The first-order valence-electron chi connectivity index (χ1n) is 8.00. The summed E-state index contributed by atoms with van der Waals surface area (Å²) >= 11 is 1.37. The number of halogens is 2. The Morgan fingerprint density at radius 2 is 2.04 bits per heavy atom. The molecule has 2 atom stereocenters. The van der Waals surface area contributed by atoms with Crippen LogP contribution in [-0.4, -0.2) is 30.1 Å². The highest BCUT2D eigenvalue weighted by Gasteiger charge is 2.43. The van der Waals surface area contributed by atoms with Crippen LogP contribution in [0.2, 0.25) is 0 Å². The van der Waals surface area contributed by atoms with E-state index < -0.39 is 12.0 Å². The van der Waals surface area contributed by atoms with Gasteiger partial charge in [-0.1, -0.05) is 0 Å². The molecular formula is C16H20F2N2O3S. The fraction of sp³-hybridized carbons (Fsp3) is 0.625. The van der Waals surface area contributed by atoms with Crippen LogP contribution < -0.4 is 11.1 Å². The molecule has 0 unspecified atom stereocenters. The van der Waals surface area contributed by atoms with Gasteiger partial charge in [-0.3, -0.25) is 4.79 Å². The van der Waals surface area contributed by atoms with E-state index in [0.29, 0.717) is 24.1 Å². The molecule has 132 valence electrons. The third-order valence-corrected chi connectivity index (χ3v) is 5.70. The van der Waals surface area contributed by atoms with E-state index in [1.807, 2.05) is 13.0 Å². The highest BCUT2D eigenvalue weighted by Crippen LogP contribution is 2.46. The highest BCUT2D eigenvalue weighted by atomic mass is 32.1. The minimum Gasteiger partial charge on any atom is -0.446 e. The Morgan fingerprint density at radius 1 is 1.38 bits per heavy atom. The summed E-state index contributed by atoms with van der Waals surface area (Å²) < 4.78 is 31.3. The van der Waals surface area contributed by atoms with Crippen LogP contribution in [0.4, 0.5) is 13.6 Å². The van der Waals surface area contributed by atoms with Crippen molar-refractivity contribution >= 4 is 23.3 Å². The maximum Gasteiger partial charge on any atom is 0.404 e. The average molecular weight is 358 g/mol. The molecule has 0 radical (unpaired) electrons. The third-order valence-electron chi connectivity index (χ3n) is 4.63. The first kappa shape index (κ1) is 17.1. The van der Waals surface area contributed by atoms with Gasteiger partial charge in [0.1, 0.15) is 6.10 Å². The Labute approximate surface area is 142 Å². The lowest BCUT2D eigenvalue weighted by molar-refractivity contribution is -0.0399. The van der Waals surface area contributed by atoms with Crippen molar-refractivity contribution in [3.8, 4) is 0 Å². The zero-order chi connectivity index (χ0) is 17.5. The monoisotopic (exact) mass is 358 g/mol. The van der Waals surface area contributed by atoms with E-state index in [-0.39, 0.29) is 36.8 Å². The molecular weight excluding hydrogens is 338 g/mol. The maximum atomic E-state index is 13.2. The predicted molar refractivity (Wildman–Crippen MR) is 85.5 cm³/mol. The van der Waals surface area contributed by atoms with Crippen molar-refractivity contribution in [3.05, 3.63) is 21.4 Å². The van der Waals surface area contributed by atoms with Crippen molar-refractivity contribution in [3.63, 3.8) is 0 Å². The molecule has 3 rings (SSSR count). The Hall–Kier alpha value is -1.70. The summed E-state index contributed by atoms with van der Waals surface area (Å²) in [5.74, 6) is -2.74. The van der Waals surface area contributed by atoms with E-state index in [1.54, 1.807) is 0 Å². The summed E-state index contributed by atoms with van der Waals surface area (Å²) in [6, 6.07) is 1.61. The third kappa shape index (κ3) is 3.85. The molecule has 0 aliphatic heterocycles. The second kappa shape index (κ2) is 6.31. The summed E-state index contributed by atoms with van der Waals surface area (Å²) in [6.45, 7) is 1.91. The van der Waals surface area contributed by atoms with Gasteiger partial charge in [-0.05, 0) is 37.8 Å². The smallest absolute Gasteiger partial charge is 0.404 e. The molecule has 0 bridgehead atoms. The molecule has 2 aliphatic rings. The summed E-state index contributed by atoms with van der Waals surface area (Å²) in [4.78, 5) is 24.7. The van der Waals surface area contributed by atoms with E-state index in [9.17, 15) is 18.4 Å². The van der Waals surface area contributed by atoms with Gasteiger partial charge in [-0.15, -0.1) is 11.3 Å². The van der Waals surface area contributed by atoms with Gasteiger partial charge in [0, 0.05) is 29.7 Å². The minimum absolute atomic E-state index is 0.0867. The van der Waals surface area contributed by atoms with Crippen molar-refractivity contribution in [2.24, 2.45) is 5.73 Å². The lowest BCUT2D eigenvalue weighted by atomic mass is 9.92. The number of hydrogen-bond donors (Lipinski definition) is 2. The van der Waals surface area contributed by atoms with Gasteiger partial charge in [0.05, 0.1) is 4.88 Å². The number of ether oxygens (including phenoxy) is 1. The molecule has 2 fully saturated rings. The first-order valence-corrected chi connectivity index (χ1v) is 8.82. The number of nitrogens with one attached hydrogen (secondary N) is 1. The number of aryl methyl sites for hydroxylation is 1. The number of thiophene rings is 1. The van der Waals surface area contributed by atoms with Crippen LogP contribution in [0.3, 0.4) is 0 Å². The van der Waals surface area contributed by atoms with Gasteiger partial charge in [0.15, 0.2) is 0 Å². The highest BCUT2D eigenvalue weighted by molar-refractivity contribution is 7.14. The van der Waals surface area contributed by atoms with E-state index in [0.717, 1.165) is 10.4 Å².